The number of ether oxygens (including phenoxy) is 1. The number of amides is 1. The van der Waals surface area contributed by atoms with Crippen LogP contribution in [0, 0.1) is 6.92 Å². The van der Waals surface area contributed by atoms with E-state index in [-0.39, 0.29) is 5.91 Å². The number of carbonyl (C=O) groups excluding carboxylic acids is 1. The molecule has 0 aliphatic carbocycles. The van der Waals surface area contributed by atoms with Crippen LogP contribution >= 0.6 is 15.9 Å². The molecule has 0 aromatic heterocycles. The number of rotatable bonds is 2. The minimum atomic E-state index is -0.0918. The van der Waals surface area contributed by atoms with E-state index in [0.29, 0.717) is 5.56 Å². The first-order chi connectivity index (χ1) is 6.61. The van der Waals surface area contributed by atoms with Gasteiger partial charge in [0.15, 0.2) is 0 Å². The van der Waals surface area contributed by atoms with Gasteiger partial charge in [-0.15, -0.1) is 0 Å². The van der Waals surface area contributed by atoms with Crippen LogP contribution in [0.1, 0.15) is 15.9 Å². The molecule has 0 saturated heterocycles. The van der Waals surface area contributed by atoms with Gasteiger partial charge in [-0.05, 0) is 40.5 Å². The molecule has 0 saturated carbocycles. The number of hydrogen-bond acceptors (Lipinski definition) is 2. The number of methoxy groups -OCH3 is 1. The molecule has 1 amide bonds. The molecule has 1 aromatic rings. The van der Waals surface area contributed by atoms with Crippen molar-refractivity contribution in [3.63, 3.8) is 0 Å². The maximum Gasteiger partial charge on any atom is 0.251 e. The van der Waals surface area contributed by atoms with Crippen molar-refractivity contribution in [1.29, 1.82) is 0 Å². The highest BCUT2D eigenvalue weighted by Crippen LogP contribution is 2.30. The summed E-state index contributed by atoms with van der Waals surface area (Å²) in [7, 11) is 3.21. The maximum atomic E-state index is 11.4. The Morgan fingerprint density at radius 1 is 1.50 bits per heavy atom. The number of benzene rings is 1. The van der Waals surface area contributed by atoms with Gasteiger partial charge >= 0.3 is 0 Å². The highest BCUT2D eigenvalue weighted by atomic mass is 79.9. The fraction of sp³-hybridized carbons (Fsp3) is 0.300. The van der Waals surface area contributed by atoms with Gasteiger partial charge in [0.1, 0.15) is 5.75 Å². The first-order valence-corrected chi connectivity index (χ1v) is 4.96. The van der Waals surface area contributed by atoms with E-state index in [1.165, 1.54) is 0 Å². The van der Waals surface area contributed by atoms with Gasteiger partial charge in [-0.25, -0.2) is 0 Å². The smallest absolute Gasteiger partial charge is 0.251 e. The van der Waals surface area contributed by atoms with Crippen LogP contribution in [-0.2, 0) is 0 Å². The molecule has 0 fully saturated rings. The van der Waals surface area contributed by atoms with Crippen molar-refractivity contribution in [2.45, 2.75) is 6.92 Å². The Morgan fingerprint density at radius 3 is 2.64 bits per heavy atom. The lowest BCUT2D eigenvalue weighted by Crippen LogP contribution is -2.19. The van der Waals surface area contributed by atoms with E-state index in [2.05, 4.69) is 21.2 Å². The van der Waals surface area contributed by atoms with Gasteiger partial charge in [-0.1, -0.05) is 0 Å². The van der Waals surface area contributed by atoms with E-state index < -0.39 is 0 Å². The van der Waals surface area contributed by atoms with Crippen molar-refractivity contribution in [2.24, 2.45) is 0 Å². The second kappa shape index (κ2) is 4.46. The number of carbonyl (C=O) groups is 1. The normalized spacial score (nSPS) is 9.71. The molecule has 1 N–H and O–H groups in total. The third-order valence-electron chi connectivity index (χ3n) is 2.04. The van der Waals surface area contributed by atoms with Crippen molar-refractivity contribution in [1.82, 2.24) is 5.32 Å². The predicted octanol–water partition coefficient (Wildman–Crippen LogP) is 2.13. The molecular formula is C10H12BrNO2. The molecule has 76 valence electrons. The molecule has 3 nitrogen and oxygen atoms in total. The second-order valence-corrected chi connectivity index (χ2v) is 3.63. The monoisotopic (exact) mass is 257 g/mol. The Hall–Kier alpha value is -1.03. The summed E-state index contributed by atoms with van der Waals surface area (Å²) in [5, 5.41) is 2.59. The molecule has 0 atom stereocenters. The lowest BCUT2D eigenvalue weighted by atomic mass is 10.1. The van der Waals surface area contributed by atoms with Gasteiger partial charge in [-0.3, -0.25) is 4.79 Å². The molecule has 0 radical (unpaired) electrons. The quantitative estimate of drug-likeness (QED) is 0.882. The van der Waals surface area contributed by atoms with Gasteiger partial charge in [-0.2, -0.15) is 0 Å². The zero-order valence-electron chi connectivity index (χ0n) is 8.35. The van der Waals surface area contributed by atoms with E-state index >= 15 is 0 Å². The number of nitrogens with one attached hydrogen (secondary N) is 1. The Balaban J connectivity index is 3.24. The zero-order valence-corrected chi connectivity index (χ0v) is 9.94. The first-order valence-electron chi connectivity index (χ1n) is 4.17. The fourth-order valence-electron chi connectivity index (χ4n) is 1.20. The van der Waals surface area contributed by atoms with E-state index in [1.807, 2.05) is 6.92 Å². The molecule has 0 unspecified atom stereocenters. The van der Waals surface area contributed by atoms with Gasteiger partial charge in [0.05, 0.1) is 11.6 Å². The van der Waals surface area contributed by atoms with Crippen molar-refractivity contribution < 1.29 is 9.53 Å². The van der Waals surface area contributed by atoms with Gasteiger partial charge < -0.3 is 10.1 Å². The summed E-state index contributed by atoms with van der Waals surface area (Å²) in [6.45, 7) is 1.87. The van der Waals surface area contributed by atoms with Crippen molar-refractivity contribution in [2.75, 3.05) is 14.2 Å². The van der Waals surface area contributed by atoms with Crippen molar-refractivity contribution >= 4 is 21.8 Å². The molecule has 1 aromatic carbocycles. The molecule has 14 heavy (non-hydrogen) atoms. The predicted molar refractivity (Wildman–Crippen MR) is 58.8 cm³/mol. The minimum Gasteiger partial charge on any atom is -0.496 e. The standard InChI is InChI=1S/C10H12BrNO2/c1-6-7(10(13)12-2)4-5-8(14-3)9(6)11/h4-5H,1-3H3,(H,12,13). The number of hydrogen-bond donors (Lipinski definition) is 1. The topological polar surface area (TPSA) is 38.3 Å². The lowest BCUT2D eigenvalue weighted by molar-refractivity contribution is 0.0962. The Labute approximate surface area is 91.6 Å². The lowest BCUT2D eigenvalue weighted by Gasteiger charge is -2.09. The van der Waals surface area contributed by atoms with E-state index in [9.17, 15) is 4.79 Å². The molecule has 0 spiro atoms. The van der Waals surface area contributed by atoms with Crippen LogP contribution in [-0.4, -0.2) is 20.1 Å². The minimum absolute atomic E-state index is 0.0918. The Kier molecular flexibility index (Phi) is 3.52. The summed E-state index contributed by atoms with van der Waals surface area (Å²) >= 11 is 3.38. The summed E-state index contributed by atoms with van der Waals surface area (Å²) < 4.78 is 5.94. The summed E-state index contributed by atoms with van der Waals surface area (Å²) in [6, 6.07) is 3.51. The first kappa shape index (κ1) is 11.0. The second-order valence-electron chi connectivity index (χ2n) is 2.83. The average Bonchev–Trinajstić information content (AvgIpc) is 2.21. The van der Waals surface area contributed by atoms with Crippen molar-refractivity contribution in [3.05, 3.63) is 27.7 Å². The van der Waals surface area contributed by atoms with Crippen molar-refractivity contribution in [3.8, 4) is 5.75 Å². The van der Waals surface area contributed by atoms with Crippen LogP contribution in [0.3, 0.4) is 0 Å². The summed E-state index contributed by atoms with van der Waals surface area (Å²) in [5.41, 5.74) is 1.53. The van der Waals surface area contributed by atoms with Crippen LogP contribution in [0.2, 0.25) is 0 Å². The van der Waals surface area contributed by atoms with Crippen LogP contribution < -0.4 is 10.1 Å². The van der Waals surface area contributed by atoms with Gasteiger partial charge in [0.2, 0.25) is 0 Å². The van der Waals surface area contributed by atoms with E-state index in [4.69, 9.17) is 4.74 Å². The maximum absolute atomic E-state index is 11.4. The van der Waals surface area contributed by atoms with Crippen LogP contribution in [0.15, 0.2) is 16.6 Å². The third-order valence-corrected chi connectivity index (χ3v) is 3.03. The van der Waals surface area contributed by atoms with Gasteiger partial charge in [0, 0.05) is 12.6 Å². The largest absolute Gasteiger partial charge is 0.496 e. The SMILES string of the molecule is CNC(=O)c1ccc(OC)c(Br)c1C. The summed E-state index contributed by atoms with van der Waals surface area (Å²) in [6.07, 6.45) is 0. The average molecular weight is 258 g/mol. The summed E-state index contributed by atoms with van der Waals surface area (Å²) in [5.74, 6) is 0.640. The Morgan fingerprint density at radius 2 is 2.14 bits per heavy atom. The molecule has 0 aliphatic rings. The highest BCUT2D eigenvalue weighted by molar-refractivity contribution is 9.10. The van der Waals surface area contributed by atoms with Gasteiger partial charge in [0.25, 0.3) is 5.91 Å². The van der Waals surface area contributed by atoms with Crippen LogP contribution in [0.4, 0.5) is 0 Å². The highest BCUT2D eigenvalue weighted by Gasteiger charge is 2.12. The summed E-state index contributed by atoms with van der Waals surface area (Å²) in [4.78, 5) is 11.4. The van der Waals surface area contributed by atoms with E-state index in [1.54, 1.807) is 26.3 Å². The fourth-order valence-corrected chi connectivity index (χ4v) is 1.71. The molecule has 1 rings (SSSR count). The van der Waals surface area contributed by atoms with Crippen LogP contribution in [0.5, 0.6) is 5.75 Å². The third kappa shape index (κ3) is 1.90. The van der Waals surface area contributed by atoms with E-state index in [0.717, 1.165) is 15.8 Å². The number of halogens is 1. The zero-order chi connectivity index (χ0) is 10.7. The molecule has 0 bridgehead atoms. The van der Waals surface area contributed by atoms with Crippen LogP contribution in [0.25, 0.3) is 0 Å². The molecular weight excluding hydrogens is 246 g/mol. The molecule has 0 aliphatic heterocycles. The molecule has 4 heteroatoms. The molecule has 0 heterocycles. The Bertz CT molecular complexity index is 363.